The van der Waals surface area contributed by atoms with Crippen molar-refractivity contribution < 1.29 is 32.2 Å². The topological polar surface area (TPSA) is 52.6 Å². The third kappa shape index (κ3) is 10.5. The van der Waals surface area contributed by atoms with Gasteiger partial charge in [-0.1, -0.05) is 41.5 Å². The highest BCUT2D eigenvalue weighted by Gasteiger charge is 2.41. The number of hydrogen-bond acceptors (Lipinski definition) is 4. The summed E-state index contributed by atoms with van der Waals surface area (Å²) in [6.45, 7) is 12.1. The second-order valence-electron chi connectivity index (χ2n) is 8.51. The zero-order valence-corrected chi connectivity index (χ0v) is 15.5. The lowest BCUT2D eigenvalue weighted by molar-refractivity contribution is -0.219. The minimum Gasteiger partial charge on any atom is -0.465 e. The monoisotopic (exact) mass is 354 g/mol. The van der Waals surface area contributed by atoms with Crippen molar-refractivity contribution in [1.29, 1.82) is 0 Å². The van der Waals surface area contributed by atoms with Crippen molar-refractivity contribution in [3.05, 3.63) is 0 Å². The minimum absolute atomic E-state index is 0.169. The highest BCUT2D eigenvalue weighted by Crippen LogP contribution is 2.30. The van der Waals surface area contributed by atoms with Gasteiger partial charge < -0.3 is 9.47 Å². The fraction of sp³-hybridized carbons (Fsp3) is 0.882. The van der Waals surface area contributed by atoms with Crippen molar-refractivity contribution >= 4 is 11.9 Å². The zero-order chi connectivity index (χ0) is 19.3. The average molecular weight is 354 g/mol. The van der Waals surface area contributed by atoms with E-state index in [1.54, 1.807) is 0 Å². The SMILES string of the molecule is CC(OC(=O)C(CC(=O)OCC(C)(C)C)CC(C)(C)C)C(F)(F)F. The van der Waals surface area contributed by atoms with E-state index in [-0.39, 0.29) is 30.3 Å². The molecule has 0 radical (unpaired) electrons. The number of esters is 2. The Hall–Kier alpha value is -1.27. The predicted octanol–water partition coefficient (Wildman–Crippen LogP) is 4.51. The van der Waals surface area contributed by atoms with E-state index in [0.29, 0.717) is 0 Å². The summed E-state index contributed by atoms with van der Waals surface area (Å²) in [5.41, 5.74) is -0.587. The van der Waals surface area contributed by atoms with Gasteiger partial charge in [0.05, 0.1) is 18.9 Å². The molecule has 2 unspecified atom stereocenters. The molecule has 0 N–H and O–H groups in total. The van der Waals surface area contributed by atoms with Gasteiger partial charge in [-0.05, 0) is 24.2 Å². The van der Waals surface area contributed by atoms with Crippen molar-refractivity contribution in [2.24, 2.45) is 16.7 Å². The fourth-order valence-electron chi connectivity index (χ4n) is 1.87. The Labute approximate surface area is 142 Å². The van der Waals surface area contributed by atoms with E-state index >= 15 is 0 Å². The van der Waals surface area contributed by atoms with E-state index in [4.69, 9.17) is 4.74 Å². The molecule has 4 nitrogen and oxygen atoms in total. The molecule has 0 amide bonds. The molecule has 2 atom stereocenters. The summed E-state index contributed by atoms with van der Waals surface area (Å²) in [5.74, 6) is -2.61. The maximum Gasteiger partial charge on any atom is 0.425 e. The maximum absolute atomic E-state index is 12.6. The van der Waals surface area contributed by atoms with E-state index < -0.39 is 30.1 Å². The van der Waals surface area contributed by atoms with E-state index in [0.717, 1.165) is 6.92 Å². The number of rotatable bonds is 6. The molecule has 0 aromatic heterocycles. The van der Waals surface area contributed by atoms with Crippen LogP contribution in [0.5, 0.6) is 0 Å². The van der Waals surface area contributed by atoms with Gasteiger partial charge in [-0.2, -0.15) is 13.2 Å². The van der Waals surface area contributed by atoms with Gasteiger partial charge in [-0.15, -0.1) is 0 Å². The van der Waals surface area contributed by atoms with Crippen molar-refractivity contribution in [3.63, 3.8) is 0 Å². The van der Waals surface area contributed by atoms with Crippen LogP contribution in [0.4, 0.5) is 13.2 Å². The molecule has 0 aliphatic heterocycles. The number of halogens is 3. The smallest absolute Gasteiger partial charge is 0.425 e. The molecular formula is C17H29F3O4. The first-order valence-corrected chi connectivity index (χ1v) is 7.94. The molecule has 24 heavy (non-hydrogen) atoms. The molecule has 0 saturated carbocycles. The first-order valence-electron chi connectivity index (χ1n) is 7.94. The Kier molecular flexibility index (Phi) is 7.77. The summed E-state index contributed by atoms with van der Waals surface area (Å²) in [6.07, 6.45) is -6.91. The fourth-order valence-corrected chi connectivity index (χ4v) is 1.87. The van der Waals surface area contributed by atoms with Crippen LogP contribution in [0.15, 0.2) is 0 Å². The van der Waals surface area contributed by atoms with Crippen LogP contribution >= 0.6 is 0 Å². The first-order chi connectivity index (χ1) is 10.5. The third-order valence-electron chi connectivity index (χ3n) is 3.03. The standard InChI is InChI=1S/C17H29F3O4/c1-11(17(18,19)20)24-14(22)12(9-15(2,3)4)8-13(21)23-10-16(5,6)7/h11-12H,8-10H2,1-7H3. The quantitative estimate of drug-likeness (QED) is 0.659. The number of alkyl halides is 3. The summed E-state index contributed by atoms with van der Waals surface area (Å²) in [7, 11) is 0. The van der Waals surface area contributed by atoms with Gasteiger partial charge in [-0.3, -0.25) is 9.59 Å². The lowest BCUT2D eigenvalue weighted by Gasteiger charge is -2.26. The summed E-state index contributed by atoms with van der Waals surface area (Å²) in [6, 6.07) is 0. The zero-order valence-electron chi connectivity index (χ0n) is 15.5. The molecule has 0 aromatic carbocycles. The molecule has 0 rings (SSSR count). The Morgan fingerprint density at radius 1 is 0.958 bits per heavy atom. The Morgan fingerprint density at radius 3 is 1.83 bits per heavy atom. The number of hydrogen-bond donors (Lipinski definition) is 0. The number of ether oxygens (including phenoxy) is 2. The molecule has 0 aliphatic carbocycles. The van der Waals surface area contributed by atoms with Gasteiger partial charge in [0.25, 0.3) is 0 Å². The van der Waals surface area contributed by atoms with Crippen LogP contribution in [-0.4, -0.2) is 30.8 Å². The lowest BCUT2D eigenvalue weighted by atomic mass is 9.83. The van der Waals surface area contributed by atoms with Crippen LogP contribution in [0.3, 0.4) is 0 Å². The minimum atomic E-state index is -4.63. The maximum atomic E-state index is 12.6. The molecule has 0 aromatic rings. The van der Waals surface area contributed by atoms with E-state index in [1.807, 2.05) is 41.5 Å². The second-order valence-corrected chi connectivity index (χ2v) is 8.51. The van der Waals surface area contributed by atoms with Crippen LogP contribution in [0.2, 0.25) is 0 Å². The molecule has 0 saturated heterocycles. The van der Waals surface area contributed by atoms with E-state index in [1.165, 1.54) is 0 Å². The summed E-state index contributed by atoms with van der Waals surface area (Å²) >= 11 is 0. The lowest BCUT2D eigenvalue weighted by Crippen LogP contribution is -2.35. The molecule has 0 bridgehead atoms. The number of carbonyl (C=O) groups is 2. The molecular weight excluding hydrogens is 325 g/mol. The van der Waals surface area contributed by atoms with E-state index in [9.17, 15) is 22.8 Å². The molecule has 0 fully saturated rings. The largest absolute Gasteiger partial charge is 0.465 e. The highest BCUT2D eigenvalue weighted by molar-refractivity contribution is 5.80. The highest BCUT2D eigenvalue weighted by atomic mass is 19.4. The normalized spacial score (nSPS) is 15.6. The Bertz CT molecular complexity index is 431. The van der Waals surface area contributed by atoms with Gasteiger partial charge in [0.15, 0.2) is 6.10 Å². The molecule has 0 aliphatic rings. The molecule has 0 spiro atoms. The molecule has 142 valence electrons. The predicted molar refractivity (Wildman–Crippen MR) is 84.2 cm³/mol. The summed E-state index contributed by atoms with van der Waals surface area (Å²) in [4.78, 5) is 24.0. The van der Waals surface area contributed by atoms with Crippen molar-refractivity contribution in [1.82, 2.24) is 0 Å². The van der Waals surface area contributed by atoms with Crippen LogP contribution in [-0.2, 0) is 19.1 Å². The summed E-state index contributed by atoms with van der Waals surface area (Å²) in [5, 5.41) is 0. The van der Waals surface area contributed by atoms with Crippen LogP contribution < -0.4 is 0 Å². The first kappa shape index (κ1) is 22.7. The Morgan fingerprint density at radius 2 is 1.46 bits per heavy atom. The Balaban J connectivity index is 4.92. The van der Waals surface area contributed by atoms with Gasteiger partial charge in [0.2, 0.25) is 0 Å². The van der Waals surface area contributed by atoms with Crippen molar-refractivity contribution in [2.75, 3.05) is 6.61 Å². The third-order valence-corrected chi connectivity index (χ3v) is 3.03. The number of carbonyl (C=O) groups excluding carboxylic acids is 2. The second kappa shape index (κ2) is 8.21. The van der Waals surface area contributed by atoms with Crippen molar-refractivity contribution in [2.45, 2.75) is 73.6 Å². The van der Waals surface area contributed by atoms with Crippen LogP contribution in [0.1, 0.15) is 61.3 Å². The van der Waals surface area contributed by atoms with Gasteiger partial charge >= 0.3 is 18.1 Å². The summed E-state index contributed by atoms with van der Waals surface area (Å²) < 4.78 is 47.3. The van der Waals surface area contributed by atoms with Gasteiger partial charge in [0.1, 0.15) is 0 Å². The van der Waals surface area contributed by atoms with Crippen LogP contribution in [0, 0.1) is 16.7 Å². The molecule has 0 heterocycles. The van der Waals surface area contributed by atoms with E-state index in [2.05, 4.69) is 4.74 Å². The van der Waals surface area contributed by atoms with Gasteiger partial charge in [-0.25, -0.2) is 0 Å². The van der Waals surface area contributed by atoms with Gasteiger partial charge in [0, 0.05) is 0 Å². The average Bonchev–Trinajstić information content (AvgIpc) is 2.31. The van der Waals surface area contributed by atoms with Crippen LogP contribution in [0.25, 0.3) is 0 Å². The molecule has 7 heteroatoms. The van der Waals surface area contributed by atoms with Crippen molar-refractivity contribution in [3.8, 4) is 0 Å².